The number of anilines is 1. The van der Waals surface area contributed by atoms with Crippen molar-refractivity contribution in [3.63, 3.8) is 0 Å². The maximum Gasteiger partial charge on any atom is 0.185 e. The molecule has 1 aliphatic rings. The van der Waals surface area contributed by atoms with Crippen molar-refractivity contribution in [1.29, 1.82) is 0 Å². The summed E-state index contributed by atoms with van der Waals surface area (Å²) >= 11 is 8.30. The van der Waals surface area contributed by atoms with Gasteiger partial charge in [-0.15, -0.1) is 11.3 Å². The number of aryl methyl sites for hydroxylation is 1. The monoisotopic (exact) mass is 358 g/mol. The van der Waals surface area contributed by atoms with E-state index in [1.54, 1.807) is 11.3 Å². The number of halogens is 1. The molecule has 1 aromatic carbocycles. The zero-order chi connectivity index (χ0) is 16.5. The van der Waals surface area contributed by atoms with Crippen LogP contribution >= 0.6 is 22.9 Å². The fraction of sp³-hybridized carbons (Fsp3) is 0.333. The molecule has 0 unspecified atom stereocenters. The fourth-order valence-corrected chi connectivity index (χ4v) is 4.10. The molecular formula is C18H19ClN4S. The van der Waals surface area contributed by atoms with E-state index in [4.69, 9.17) is 16.6 Å². The number of para-hydroxylation sites is 1. The molecule has 1 saturated heterocycles. The van der Waals surface area contributed by atoms with Crippen LogP contribution in [0, 0.1) is 6.92 Å². The Kier molecular flexibility index (Phi) is 4.39. The van der Waals surface area contributed by atoms with Crippen molar-refractivity contribution >= 4 is 39.0 Å². The number of hydrogen-bond donors (Lipinski definition) is 0. The van der Waals surface area contributed by atoms with Gasteiger partial charge in [0.25, 0.3) is 0 Å². The standard InChI is InChI=1S/C18H19ClN4S/c1-13-14-4-2-3-5-15(14)21-16(17(13)19)12-22-7-9-23(10-8-22)18-20-6-11-24-18/h2-6,11H,7-10,12H2,1H3. The van der Waals surface area contributed by atoms with E-state index in [1.807, 2.05) is 23.7 Å². The van der Waals surface area contributed by atoms with Crippen LogP contribution in [0.25, 0.3) is 10.9 Å². The van der Waals surface area contributed by atoms with Gasteiger partial charge in [0, 0.05) is 49.7 Å². The largest absolute Gasteiger partial charge is 0.346 e. The van der Waals surface area contributed by atoms with Gasteiger partial charge >= 0.3 is 0 Å². The van der Waals surface area contributed by atoms with Gasteiger partial charge in [0.15, 0.2) is 5.13 Å². The van der Waals surface area contributed by atoms with Crippen LogP contribution in [0.2, 0.25) is 5.02 Å². The number of pyridine rings is 1. The number of benzene rings is 1. The molecule has 3 heterocycles. The zero-order valence-corrected chi connectivity index (χ0v) is 15.1. The van der Waals surface area contributed by atoms with Crippen molar-refractivity contribution in [2.75, 3.05) is 31.1 Å². The van der Waals surface area contributed by atoms with E-state index >= 15 is 0 Å². The van der Waals surface area contributed by atoms with Crippen molar-refractivity contribution < 1.29 is 0 Å². The zero-order valence-electron chi connectivity index (χ0n) is 13.6. The van der Waals surface area contributed by atoms with Crippen molar-refractivity contribution in [2.45, 2.75) is 13.5 Å². The molecule has 124 valence electrons. The highest BCUT2D eigenvalue weighted by molar-refractivity contribution is 7.13. The van der Waals surface area contributed by atoms with E-state index < -0.39 is 0 Å². The summed E-state index contributed by atoms with van der Waals surface area (Å²) < 4.78 is 0. The Morgan fingerprint density at radius 1 is 1.17 bits per heavy atom. The molecule has 1 aliphatic heterocycles. The number of rotatable bonds is 3. The maximum atomic E-state index is 6.59. The SMILES string of the molecule is Cc1c(Cl)c(CN2CCN(c3nccs3)CC2)nc2ccccc12. The predicted molar refractivity (Wildman–Crippen MR) is 101 cm³/mol. The normalized spacial score (nSPS) is 16.0. The smallest absolute Gasteiger partial charge is 0.185 e. The molecule has 3 aromatic rings. The molecule has 6 heteroatoms. The van der Waals surface area contributed by atoms with Gasteiger partial charge in [-0.3, -0.25) is 4.90 Å². The molecule has 1 fully saturated rings. The molecule has 4 nitrogen and oxygen atoms in total. The molecule has 0 spiro atoms. The Morgan fingerprint density at radius 3 is 2.71 bits per heavy atom. The van der Waals surface area contributed by atoms with Crippen LogP contribution in [-0.4, -0.2) is 41.0 Å². The summed E-state index contributed by atoms with van der Waals surface area (Å²) in [4.78, 5) is 14.0. The first-order valence-electron chi connectivity index (χ1n) is 8.13. The molecule has 2 aromatic heterocycles. The first kappa shape index (κ1) is 15.8. The van der Waals surface area contributed by atoms with Gasteiger partial charge in [-0.05, 0) is 18.6 Å². The summed E-state index contributed by atoms with van der Waals surface area (Å²) in [7, 11) is 0. The molecule has 0 amide bonds. The molecule has 24 heavy (non-hydrogen) atoms. The molecule has 4 rings (SSSR count). The third kappa shape index (κ3) is 2.99. The van der Waals surface area contributed by atoms with Crippen LogP contribution in [0.3, 0.4) is 0 Å². The van der Waals surface area contributed by atoms with Crippen molar-refractivity contribution in [3.8, 4) is 0 Å². The van der Waals surface area contributed by atoms with E-state index in [-0.39, 0.29) is 0 Å². The number of aromatic nitrogens is 2. The van der Waals surface area contributed by atoms with Crippen molar-refractivity contribution in [3.05, 3.63) is 52.1 Å². The molecule has 0 N–H and O–H groups in total. The number of fused-ring (bicyclic) bond motifs is 1. The van der Waals surface area contributed by atoms with Crippen LogP contribution in [-0.2, 0) is 6.54 Å². The summed E-state index contributed by atoms with van der Waals surface area (Å²) in [6, 6.07) is 8.20. The predicted octanol–water partition coefficient (Wildman–Crippen LogP) is 3.98. The van der Waals surface area contributed by atoms with Crippen molar-refractivity contribution in [2.24, 2.45) is 0 Å². The average Bonchev–Trinajstić information content (AvgIpc) is 3.15. The van der Waals surface area contributed by atoms with E-state index in [2.05, 4.69) is 33.8 Å². The number of thiazole rings is 1. The summed E-state index contributed by atoms with van der Waals surface area (Å²) in [5.41, 5.74) is 3.13. The van der Waals surface area contributed by atoms with E-state index in [0.717, 1.165) is 65.0 Å². The number of nitrogens with zero attached hydrogens (tertiary/aromatic N) is 4. The maximum absolute atomic E-state index is 6.59. The lowest BCUT2D eigenvalue weighted by Gasteiger charge is -2.34. The molecule has 0 radical (unpaired) electrons. The third-order valence-corrected chi connectivity index (χ3v) is 5.92. The second kappa shape index (κ2) is 6.67. The van der Waals surface area contributed by atoms with Crippen LogP contribution in [0.4, 0.5) is 5.13 Å². The molecule has 0 atom stereocenters. The number of piperazine rings is 1. The van der Waals surface area contributed by atoms with Gasteiger partial charge in [-0.1, -0.05) is 29.8 Å². The molecular weight excluding hydrogens is 340 g/mol. The molecule has 0 saturated carbocycles. The van der Waals surface area contributed by atoms with Crippen LogP contribution in [0.5, 0.6) is 0 Å². The first-order valence-corrected chi connectivity index (χ1v) is 9.38. The number of hydrogen-bond acceptors (Lipinski definition) is 5. The first-order chi connectivity index (χ1) is 11.7. The van der Waals surface area contributed by atoms with Crippen LogP contribution < -0.4 is 4.90 Å². The van der Waals surface area contributed by atoms with E-state index in [9.17, 15) is 0 Å². The minimum Gasteiger partial charge on any atom is -0.346 e. The Morgan fingerprint density at radius 2 is 1.96 bits per heavy atom. The van der Waals surface area contributed by atoms with Gasteiger partial charge < -0.3 is 4.90 Å². The lowest BCUT2D eigenvalue weighted by atomic mass is 10.1. The second-order valence-corrected chi connectivity index (χ2v) is 7.34. The lowest BCUT2D eigenvalue weighted by Crippen LogP contribution is -2.46. The summed E-state index contributed by atoms with van der Waals surface area (Å²) in [6.45, 7) is 6.88. The Labute approximate surface area is 150 Å². The van der Waals surface area contributed by atoms with Gasteiger partial charge in [0.1, 0.15) is 0 Å². The van der Waals surface area contributed by atoms with E-state index in [1.165, 1.54) is 0 Å². The summed E-state index contributed by atoms with van der Waals surface area (Å²) in [6.07, 6.45) is 1.87. The van der Waals surface area contributed by atoms with Gasteiger partial charge in [-0.25, -0.2) is 9.97 Å². The van der Waals surface area contributed by atoms with E-state index in [0.29, 0.717) is 0 Å². The minimum absolute atomic E-state index is 0.802. The highest BCUT2D eigenvalue weighted by Gasteiger charge is 2.20. The quantitative estimate of drug-likeness (QED) is 0.709. The Bertz CT molecular complexity index is 842. The Hall–Kier alpha value is -1.69. The van der Waals surface area contributed by atoms with Gasteiger partial charge in [-0.2, -0.15) is 0 Å². The topological polar surface area (TPSA) is 32.3 Å². The van der Waals surface area contributed by atoms with Crippen LogP contribution in [0.15, 0.2) is 35.8 Å². The highest BCUT2D eigenvalue weighted by Crippen LogP contribution is 2.28. The molecule has 0 aliphatic carbocycles. The van der Waals surface area contributed by atoms with Gasteiger partial charge in [0.05, 0.1) is 16.2 Å². The van der Waals surface area contributed by atoms with Crippen LogP contribution in [0.1, 0.15) is 11.3 Å². The Balaban J connectivity index is 1.50. The fourth-order valence-electron chi connectivity index (χ4n) is 3.20. The van der Waals surface area contributed by atoms with Gasteiger partial charge in [0.2, 0.25) is 0 Å². The minimum atomic E-state index is 0.802. The third-order valence-electron chi connectivity index (χ3n) is 4.58. The molecule has 0 bridgehead atoms. The lowest BCUT2D eigenvalue weighted by molar-refractivity contribution is 0.247. The highest BCUT2D eigenvalue weighted by atomic mass is 35.5. The summed E-state index contributed by atoms with van der Waals surface area (Å²) in [5, 5.41) is 5.09. The average molecular weight is 359 g/mol. The second-order valence-electron chi connectivity index (χ2n) is 6.09. The van der Waals surface area contributed by atoms with Crippen molar-refractivity contribution in [1.82, 2.24) is 14.9 Å². The summed E-state index contributed by atoms with van der Waals surface area (Å²) in [5.74, 6) is 0.